The maximum atomic E-state index is 12.5. The van der Waals surface area contributed by atoms with Gasteiger partial charge in [-0.25, -0.2) is 4.79 Å². The van der Waals surface area contributed by atoms with Gasteiger partial charge in [0.2, 0.25) is 6.29 Å². The van der Waals surface area contributed by atoms with Crippen molar-refractivity contribution in [2.24, 2.45) is 17.8 Å². The van der Waals surface area contributed by atoms with Crippen LogP contribution in [0.4, 0.5) is 0 Å². The molecule has 0 spiro atoms. The Hall–Kier alpha value is -2.88. The van der Waals surface area contributed by atoms with Crippen molar-refractivity contribution in [1.29, 1.82) is 0 Å². The molecule has 0 bridgehead atoms. The Morgan fingerprint density at radius 2 is 1.94 bits per heavy atom. The molecule has 2 aliphatic rings. The summed E-state index contributed by atoms with van der Waals surface area (Å²) in [4.78, 5) is 24.9. The zero-order valence-electron chi connectivity index (χ0n) is 19.3. The minimum absolute atomic E-state index is 0.0932. The number of carbonyl (C=O) groups is 2. The van der Waals surface area contributed by atoms with Gasteiger partial charge in [-0.15, -0.1) is 0 Å². The first-order valence-electron chi connectivity index (χ1n) is 11.4. The van der Waals surface area contributed by atoms with Gasteiger partial charge >= 0.3 is 11.9 Å². The van der Waals surface area contributed by atoms with E-state index in [1.807, 2.05) is 13.8 Å². The van der Waals surface area contributed by atoms with Gasteiger partial charge in [0.25, 0.3) is 0 Å². The van der Waals surface area contributed by atoms with Gasteiger partial charge in [0, 0.05) is 18.4 Å². The van der Waals surface area contributed by atoms with Gasteiger partial charge in [-0.05, 0) is 41.7 Å². The number of aromatic hydroxyl groups is 1. The molecule has 3 rings (SSSR count). The molecule has 1 heterocycles. The van der Waals surface area contributed by atoms with E-state index in [2.05, 4.69) is 0 Å². The van der Waals surface area contributed by atoms with Crippen LogP contribution in [0.2, 0.25) is 0 Å². The number of aliphatic hydroxyl groups is 3. The zero-order valence-corrected chi connectivity index (χ0v) is 19.3. The molecule has 9 heteroatoms. The Balaban J connectivity index is 1.77. The molecule has 1 saturated carbocycles. The molecule has 9 nitrogen and oxygen atoms in total. The SMILES string of the molecule is CC[C@H](C)CC(=O)O[C@H]1OC=C(CO)[C@@H]2C[C@@H](OC(=O)C=Cc3ccc(O)cc3)[C@@](O)(CO)[C@H]12. The lowest BCUT2D eigenvalue weighted by atomic mass is 9.80. The molecule has 1 aromatic carbocycles. The second-order valence-electron chi connectivity index (χ2n) is 8.93. The molecule has 0 unspecified atom stereocenters. The van der Waals surface area contributed by atoms with Crippen molar-refractivity contribution in [3.63, 3.8) is 0 Å². The molecule has 1 fully saturated rings. The number of aliphatic hydroxyl groups excluding tert-OH is 2. The van der Waals surface area contributed by atoms with Crippen molar-refractivity contribution in [3.05, 3.63) is 47.7 Å². The summed E-state index contributed by atoms with van der Waals surface area (Å²) < 4.78 is 16.5. The maximum Gasteiger partial charge on any atom is 0.331 e. The number of fused-ring (bicyclic) bond motifs is 1. The van der Waals surface area contributed by atoms with Crippen LogP contribution >= 0.6 is 0 Å². The predicted octanol–water partition coefficient (Wildman–Crippen LogP) is 1.89. The molecule has 1 aliphatic carbocycles. The normalized spacial score (nSPS) is 29.1. The van der Waals surface area contributed by atoms with Crippen LogP contribution in [0.1, 0.15) is 38.7 Å². The quantitative estimate of drug-likeness (QED) is 0.310. The number of hydrogen-bond acceptors (Lipinski definition) is 9. The van der Waals surface area contributed by atoms with Gasteiger partial charge < -0.3 is 34.6 Å². The van der Waals surface area contributed by atoms with Crippen molar-refractivity contribution >= 4 is 18.0 Å². The fourth-order valence-electron chi connectivity index (χ4n) is 4.43. The topological polar surface area (TPSA) is 143 Å². The average Bonchev–Trinajstić information content (AvgIpc) is 3.11. The average molecular weight is 477 g/mol. The van der Waals surface area contributed by atoms with Crippen LogP contribution in [-0.4, -0.2) is 63.6 Å². The molecule has 34 heavy (non-hydrogen) atoms. The van der Waals surface area contributed by atoms with Crippen LogP contribution < -0.4 is 0 Å². The molecular formula is C25H32O9. The number of esters is 2. The second kappa shape index (κ2) is 11.0. The monoisotopic (exact) mass is 476 g/mol. The number of carbonyl (C=O) groups excluding carboxylic acids is 2. The minimum atomic E-state index is -1.96. The van der Waals surface area contributed by atoms with Gasteiger partial charge in [0.1, 0.15) is 17.5 Å². The summed E-state index contributed by atoms with van der Waals surface area (Å²) in [6.07, 6.45) is 2.70. The lowest BCUT2D eigenvalue weighted by Gasteiger charge is -2.39. The molecule has 186 valence electrons. The van der Waals surface area contributed by atoms with E-state index in [4.69, 9.17) is 14.2 Å². The van der Waals surface area contributed by atoms with Crippen LogP contribution in [-0.2, 0) is 23.8 Å². The summed E-state index contributed by atoms with van der Waals surface area (Å²) in [7, 11) is 0. The second-order valence-corrected chi connectivity index (χ2v) is 8.93. The number of phenols is 1. The fraction of sp³-hybridized carbons (Fsp3) is 0.520. The van der Waals surface area contributed by atoms with E-state index in [9.17, 15) is 30.0 Å². The third-order valence-corrected chi connectivity index (χ3v) is 6.62. The van der Waals surface area contributed by atoms with Gasteiger partial charge in [0.05, 0.1) is 25.4 Å². The molecule has 4 N–H and O–H groups in total. The van der Waals surface area contributed by atoms with Crippen LogP contribution in [0.5, 0.6) is 5.75 Å². The summed E-state index contributed by atoms with van der Waals surface area (Å²) in [5.41, 5.74) is -0.855. The number of benzene rings is 1. The van der Waals surface area contributed by atoms with Crippen molar-refractivity contribution in [2.45, 2.75) is 51.1 Å². The van der Waals surface area contributed by atoms with E-state index >= 15 is 0 Å². The summed E-state index contributed by atoms with van der Waals surface area (Å²) >= 11 is 0. The maximum absolute atomic E-state index is 12.5. The van der Waals surface area contributed by atoms with Crippen molar-refractivity contribution in [2.75, 3.05) is 13.2 Å². The van der Waals surface area contributed by atoms with Crippen LogP contribution in [0.25, 0.3) is 6.08 Å². The lowest BCUT2D eigenvalue weighted by molar-refractivity contribution is -0.221. The molecule has 0 radical (unpaired) electrons. The van der Waals surface area contributed by atoms with Crippen LogP contribution in [0.3, 0.4) is 0 Å². The summed E-state index contributed by atoms with van der Waals surface area (Å²) in [6.45, 7) is 2.74. The predicted molar refractivity (Wildman–Crippen MR) is 121 cm³/mol. The first-order chi connectivity index (χ1) is 16.2. The molecule has 1 aliphatic heterocycles. The van der Waals surface area contributed by atoms with Crippen molar-refractivity contribution < 1.29 is 44.2 Å². The van der Waals surface area contributed by atoms with E-state index in [1.54, 1.807) is 12.1 Å². The van der Waals surface area contributed by atoms with Crippen molar-refractivity contribution in [1.82, 2.24) is 0 Å². The highest BCUT2D eigenvalue weighted by Crippen LogP contribution is 2.50. The van der Waals surface area contributed by atoms with Crippen molar-refractivity contribution in [3.8, 4) is 5.75 Å². The van der Waals surface area contributed by atoms with Gasteiger partial charge in [-0.2, -0.15) is 0 Å². The Labute approximate surface area is 198 Å². The molecule has 0 saturated heterocycles. The molecule has 6 atom stereocenters. The van der Waals surface area contributed by atoms with Gasteiger partial charge in [-0.1, -0.05) is 32.4 Å². The highest BCUT2D eigenvalue weighted by molar-refractivity contribution is 5.87. The number of hydrogen-bond donors (Lipinski definition) is 4. The van der Waals surface area contributed by atoms with Crippen LogP contribution in [0, 0.1) is 17.8 Å². The number of rotatable bonds is 9. The highest BCUT2D eigenvalue weighted by atomic mass is 16.7. The first kappa shape index (κ1) is 25.7. The smallest absolute Gasteiger partial charge is 0.331 e. The van der Waals surface area contributed by atoms with E-state index in [1.165, 1.54) is 30.5 Å². The largest absolute Gasteiger partial charge is 0.508 e. The summed E-state index contributed by atoms with van der Waals surface area (Å²) in [5.74, 6) is -2.53. The zero-order chi connectivity index (χ0) is 24.9. The highest BCUT2D eigenvalue weighted by Gasteiger charge is 2.62. The Bertz CT molecular complexity index is 923. The number of ether oxygens (including phenoxy) is 3. The molecule has 1 aromatic rings. The van der Waals surface area contributed by atoms with Gasteiger partial charge in [-0.3, -0.25) is 4.79 Å². The summed E-state index contributed by atoms with van der Waals surface area (Å²) in [5, 5.41) is 40.6. The van der Waals surface area contributed by atoms with E-state index in [0.717, 1.165) is 6.42 Å². The van der Waals surface area contributed by atoms with E-state index in [-0.39, 0.29) is 31.1 Å². The fourth-order valence-corrected chi connectivity index (χ4v) is 4.43. The summed E-state index contributed by atoms with van der Waals surface area (Å²) in [6, 6.07) is 6.17. The standard InChI is InChI=1S/C25H32O9/c1-3-15(2)10-22(30)34-24-23-19(17(12-26)13-32-24)11-20(25(23,31)14-27)33-21(29)9-6-16-4-7-18(28)8-5-16/h4-9,13,15,19-20,23-24,26-28,31H,3,10-12,14H2,1-2H3/t15-,19-,20+,23-,24+,25-/m0/s1. The molecule has 0 amide bonds. The van der Waals surface area contributed by atoms with Gasteiger partial charge in [0.15, 0.2) is 0 Å². The third kappa shape index (κ3) is 5.60. The third-order valence-electron chi connectivity index (χ3n) is 6.62. The minimum Gasteiger partial charge on any atom is -0.508 e. The van der Waals surface area contributed by atoms with E-state index < -0.39 is 48.4 Å². The number of phenolic OH excluding ortho intramolecular Hbond substituents is 1. The first-order valence-corrected chi connectivity index (χ1v) is 11.4. The molecule has 0 aromatic heterocycles. The van der Waals surface area contributed by atoms with Crippen LogP contribution in [0.15, 0.2) is 42.2 Å². The Kier molecular flexibility index (Phi) is 8.35. The Morgan fingerprint density at radius 1 is 1.24 bits per heavy atom. The Morgan fingerprint density at radius 3 is 2.56 bits per heavy atom. The molecular weight excluding hydrogens is 444 g/mol. The lowest BCUT2D eigenvalue weighted by Crippen LogP contribution is -2.54. The van der Waals surface area contributed by atoms with E-state index in [0.29, 0.717) is 11.1 Å².